The van der Waals surface area contributed by atoms with Gasteiger partial charge in [-0.2, -0.15) is 0 Å². The summed E-state index contributed by atoms with van der Waals surface area (Å²) in [4.78, 5) is 0. The van der Waals surface area contributed by atoms with Gasteiger partial charge in [0.05, 0.1) is 8.80 Å². The summed E-state index contributed by atoms with van der Waals surface area (Å²) in [7, 11) is 0.914. The number of hydrogen-bond donors (Lipinski definition) is 0. The Morgan fingerprint density at radius 3 is 2.73 bits per heavy atom. The van der Waals surface area contributed by atoms with Crippen LogP contribution >= 0.6 is 11.6 Å². The molecule has 2 unspecified atom stereocenters. The summed E-state index contributed by atoms with van der Waals surface area (Å²) < 4.78 is 5.09. The lowest BCUT2D eigenvalue weighted by Gasteiger charge is -2.12. The van der Waals surface area contributed by atoms with Crippen LogP contribution in [0.3, 0.4) is 0 Å². The second kappa shape index (κ2) is 6.89. The van der Waals surface area contributed by atoms with Crippen molar-refractivity contribution in [3.05, 3.63) is 12.3 Å². The lowest BCUT2D eigenvalue weighted by atomic mass is 10.3. The van der Waals surface area contributed by atoms with Crippen LogP contribution in [0.2, 0.25) is 6.04 Å². The minimum Gasteiger partial charge on any atom is -0.388 e. The topological polar surface area (TPSA) is 9.23 Å². The Morgan fingerprint density at radius 1 is 1.73 bits per heavy atom. The van der Waals surface area contributed by atoms with Gasteiger partial charge in [0.2, 0.25) is 0 Å². The monoisotopic (exact) mass is 192 g/mol. The number of methoxy groups -OCH3 is 1. The first-order chi connectivity index (χ1) is 5.24. The summed E-state index contributed by atoms with van der Waals surface area (Å²) in [5.74, 6) is 1.36. The highest BCUT2D eigenvalue weighted by molar-refractivity contribution is 6.64. The van der Waals surface area contributed by atoms with E-state index in [1.54, 1.807) is 7.11 Å². The van der Waals surface area contributed by atoms with E-state index >= 15 is 0 Å². The Kier molecular flexibility index (Phi) is 7.02. The third-order valence-corrected chi connectivity index (χ3v) is 5.05. The van der Waals surface area contributed by atoms with Crippen molar-refractivity contribution < 1.29 is 4.74 Å². The van der Waals surface area contributed by atoms with Crippen molar-refractivity contribution in [3.63, 3.8) is 0 Å². The molecular weight excluding hydrogens is 176 g/mol. The van der Waals surface area contributed by atoms with Gasteiger partial charge >= 0.3 is 0 Å². The first kappa shape index (κ1) is 11.2. The highest BCUT2D eigenvalue weighted by Gasteiger charge is 2.10. The molecule has 0 aromatic carbocycles. The van der Waals surface area contributed by atoms with Crippen molar-refractivity contribution in [3.8, 4) is 0 Å². The van der Waals surface area contributed by atoms with Crippen molar-refractivity contribution in [2.24, 2.45) is 5.92 Å². The van der Waals surface area contributed by atoms with Crippen LogP contribution in [0.5, 0.6) is 0 Å². The van der Waals surface area contributed by atoms with Crippen molar-refractivity contribution in [2.45, 2.75) is 13.0 Å². The lowest BCUT2D eigenvalue weighted by molar-refractivity contribution is 0.249. The van der Waals surface area contributed by atoms with E-state index in [9.17, 15) is 0 Å². The number of rotatable bonds is 6. The van der Waals surface area contributed by atoms with Crippen molar-refractivity contribution in [1.29, 1.82) is 0 Å². The number of halogens is 1. The first-order valence-corrected chi connectivity index (χ1v) is 6.75. The van der Waals surface area contributed by atoms with E-state index in [2.05, 4.69) is 19.2 Å². The van der Waals surface area contributed by atoms with E-state index in [4.69, 9.17) is 16.3 Å². The zero-order valence-electron chi connectivity index (χ0n) is 7.35. The maximum Gasteiger partial charge on any atom is 0.0906 e. The average molecular weight is 193 g/mol. The fourth-order valence-corrected chi connectivity index (χ4v) is 3.46. The predicted molar refractivity (Wildman–Crippen MR) is 53.9 cm³/mol. The number of ether oxygens (including phenoxy) is 1. The van der Waals surface area contributed by atoms with Crippen molar-refractivity contribution in [1.82, 2.24) is 0 Å². The van der Waals surface area contributed by atoms with Gasteiger partial charge in [-0.05, 0) is 5.92 Å². The van der Waals surface area contributed by atoms with Crippen LogP contribution in [0.4, 0.5) is 0 Å². The molecule has 0 amide bonds. The van der Waals surface area contributed by atoms with E-state index in [0.717, 1.165) is 12.1 Å². The molecule has 0 spiro atoms. The summed E-state index contributed by atoms with van der Waals surface area (Å²) in [6.07, 6.45) is 0.894. The molecule has 11 heavy (non-hydrogen) atoms. The molecule has 0 N–H and O–H groups in total. The molecule has 0 radical (unpaired) electrons. The van der Waals surface area contributed by atoms with Crippen LogP contribution in [0.1, 0.15) is 6.92 Å². The van der Waals surface area contributed by atoms with Crippen LogP contribution in [0, 0.1) is 5.92 Å². The molecule has 0 rings (SSSR count). The molecule has 0 aliphatic heterocycles. The smallest absolute Gasteiger partial charge is 0.0906 e. The van der Waals surface area contributed by atoms with E-state index < -0.39 is 8.80 Å². The summed E-state index contributed by atoms with van der Waals surface area (Å²) in [5.41, 5.74) is 2.08. The molecule has 0 saturated heterocycles. The molecule has 0 aliphatic carbocycles. The SMILES string of the molecule is C=C[SiH](COC)CC(C)CCl. The van der Waals surface area contributed by atoms with Gasteiger partial charge in [0.15, 0.2) is 0 Å². The molecule has 0 aromatic heterocycles. The molecular formula is C8H17ClOSi. The van der Waals surface area contributed by atoms with Crippen LogP contribution in [-0.2, 0) is 4.74 Å². The van der Waals surface area contributed by atoms with Crippen LogP contribution in [0.25, 0.3) is 0 Å². The second-order valence-corrected chi connectivity index (χ2v) is 6.05. The van der Waals surface area contributed by atoms with E-state index in [1.807, 2.05) is 0 Å². The molecule has 0 aliphatic rings. The normalized spacial score (nSPS) is 15.9. The van der Waals surface area contributed by atoms with Crippen molar-refractivity contribution >= 4 is 20.4 Å². The largest absolute Gasteiger partial charge is 0.388 e. The Bertz CT molecular complexity index is 108. The van der Waals surface area contributed by atoms with Gasteiger partial charge < -0.3 is 4.74 Å². The average Bonchev–Trinajstić information content (AvgIpc) is 2.03. The van der Waals surface area contributed by atoms with Gasteiger partial charge in [-0.3, -0.25) is 0 Å². The van der Waals surface area contributed by atoms with Crippen molar-refractivity contribution in [2.75, 3.05) is 19.2 Å². The predicted octanol–water partition coefficient (Wildman–Crippen LogP) is 2.00. The van der Waals surface area contributed by atoms with Gasteiger partial charge in [-0.25, -0.2) is 0 Å². The molecule has 0 aromatic rings. The Balaban J connectivity index is 3.58. The molecule has 0 bridgehead atoms. The van der Waals surface area contributed by atoms with Crippen LogP contribution < -0.4 is 0 Å². The van der Waals surface area contributed by atoms with Gasteiger partial charge in [0, 0.05) is 19.2 Å². The summed E-state index contributed by atoms with van der Waals surface area (Å²) in [6.45, 7) is 5.98. The Labute approximate surface area is 76.0 Å². The molecule has 0 saturated carbocycles. The van der Waals surface area contributed by atoms with Gasteiger partial charge in [0.25, 0.3) is 0 Å². The van der Waals surface area contributed by atoms with Crippen LogP contribution in [0.15, 0.2) is 12.3 Å². The number of alkyl halides is 1. The third kappa shape index (κ3) is 5.47. The fourth-order valence-electron chi connectivity index (χ4n) is 1.03. The fraction of sp³-hybridized carbons (Fsp3) is 0.750. The zero-order chi connectivity index (χ0) is 8.69. The summed E-state index contributed by atoms with van der Waals surface area (Å²) >= 11 is 5.70. The standard InChI is InChI=1S/C8H17ClOSi/c1-4-11(7-10-3)6-8(2)5-9/h4,8,11H,1,5-7H2,2-3H3. The van der Waals surface area contributed by atoms with Gasteiger partial charge in [-0.15, -0.1) is 23.9 Å². The molecule has 0 heterocycles. The maximum absolute atomic E-state index is 5.70. The van der Waals surface area contributed by atoms with Gasteiger partial charge in [-0.1, -0.05) is 13.0 Å². The van der Waals surface area contributed by atoms with Gasteiger partial charge in [0.1, 0.15) is 0 Å². The quantitative estimate of drug-likeness (QED) is 0.462. The van der Waals surface area contributed by atoms with E-state index in [0.29, 0.717) is 5.92 Å². The van der Waals surface area contributed by atoms with Crippen LogP contribution in [-0.4, -0.2) is 28.0 Å². The molecule has 2 atom stereocenters. The highest BCUT2D eigenvalue weighted by Crippen LogP contribution is 2.09. The lowest BCUT2D eigenvalue weighted by Crippen LogP contribution is -2.20. The number of hydrogen-bond acceptors (Lipinski definition) is 1. The molecule has 3 heteroatoms. The molecule has 66 valence electrons. The maximum atomic E-state index is 5.70. The molecule has 0 fully saturated rings. The molecule has 1 nitrogen and oxygen atoms in total. The third-order valence-electron chi connectivity index (χ3n) is 1.68. The zero-order valence-corrected chi connectivity index (χ0v) is 9.26. The Hall–Kier alpha value is 0.207. The Morgan fingerprint density at radius 2 is 2.36 bits per heavy atom. The summed E-state index contributed by atoms with van der Waals surface area (Å²) in [5, 5.41) is 0. The minimum atomic E-state index is -0.831. The second-order valence-electron chi connectivity index (χ2n) is 2.95. The first-order valence-electron chi connectivity index (χ1n) is 3.92. The summed E-state index contributed by atoms with van der Waals surface area (Å²) in [6, 6.07) is 1.21. The van der Waals surface area contributed by atoms with E-state index in [1.165, 1.54) is 6.04 Å². The minimum absolute atomic E-state index is 0.612. The highest BCUT2D eigenvalue weighted by atomic mass is 35.5. The van der Waals surface area contributed by atoms with E-state index in [-0.39, 0.29) is 0 Å².